The third kappa shape index (κ3) is 5.05. The minimum atomic E-state index is -3.93. The number of para-hydroxylation sites is 1. The van der Waals surface area contributed by atoms with Crippen molar-refractivity contribution < 1.29 is 26.3 Å². The van der Waals surface area contributed by atoms with Crippen molar-refractivity contribution >= 4 is 10.0 Å². The SMILES string of the molecule is O=S(=O)(c1cc(F)cc(F)c1)N1CCC(N2CCC(Oc3ccccc3F)CC2)CC1. The van der Waals surface area contributed by atoms with E-state index in [1.165, 1.54) is 10.4 Å². The summed E-state index contributed by atoms with van der Waals surface area (Å²) in [5, 5.41) is 0. The Kier molecular flexibility index (Phi) is 6.55. The third-order valence-corrected chi connectivity index (χ3v) is 7.90. The van der Waals surface area contributed by atoms with Gasteiger partial charge in [0.1, 0.15) is 17.7 Å². The second-order valence-corrected chi connectivity index (χ2v) is 9.96. The van der Waals surface area contributed by atoms with Crippen LogP contribution in [0.15, 0.2) is 47.4 Å². The number of nitrogens with zero attached hydrogens (tertiary/aromatic N) is 2. The van der Waals surface area contributed by atoms with Gasteiger partial charge in [-0.05, 0) is 49.9 Å². The molecule has 0 aliphatic carbocycles. The molecule has 2 aliphatic heterocycles. The largest absolute Gasteiger partial charge is 0.487 e. The predicted octanol–water partition coefficient (Wildman–Crippen LogP) is 3.80. The first-order valence-electron chi connectivity index (χ1n) is 10.4. The molecule has 9 heteroatoms. The van der Waals surface area contributed by atoms with Crippen LogP contribution in [0.5, 0.6) is 5.75 Å². The Balaban J connectivity index is 1.30. The van der Waals surface area contributed by atoms with E-state index < -0.39 is 21.7 Å². The Labute approximate surface area is 180 Å². The van der Waals surface area contributed by atoms with E-state index in [4.69, 9.17) is 4.74 Å². The molecule has 2 aliphatic rings. The molecule has 4 rings (SSSR count). The summed E-state index contributed by atoms with van der Waals surface area (Å²) in [5.41, 5.74) is 0. The van der Waals surface area contributed by atoms with Crippen LogP contribution in [-0.4, -0.2) is 55.9 Å². The first-order chi connectivity index (χ1) is 14.8. The normalized spacial score (nSPS) is 20.1. The van der Waals surface area contributed by atoms with Gasteiger partial charge < -0.3 is 9.64 Å². The molecule has 2 fully saturated rings. The highest BCUT2D eigenvalue weighted by Gasteiger charge is 2.34. The molecule has 2 aromatic rings. The van der Waals surface area contributed by atoms with Crippen LogP contribution in [0.3, 0.4) is 0 Å². The average molecular weight is 455 g/mol. The van der Waals surface area contributed by atoms with Crippen molar-refractivity contribution in [3.63, 3.8) is 0 Å². The van der Waals surface area contributed by atoms with Crippen LogP contribution in [-0.2, 0) is 10.0 Å². The van der Waals surface area contributed by atoms with Gasteiger partial charge in [0.05, 0.1) is 4.90 Å². The van der Waals surface area contributed by atoms with Crippen molar-refractivity contribution in [1.29, 1.82) is 0 Å². The maximum Gasteiger partial charge on any atom is 0.243 e. The van der Waals surface area contributed by atoms with E-state index in [0.29, 0.717) is 32.0 Å². The number of sulfonamides is 1. The van der Waals surface area contributed by atoms with Gasteiger partial charge in [0.2, 0.25) is 10.0 Å². The van der Waals surface area contributed by atoms with Gasteiger partial charge in [-0.3, -0.25) is 0 Å². The molecule has 168 valence electrons. The van der Waals surface area contributed by atoms with Crippen molar-refractivity contribution in [1.82, 2.24) is 9.21 Å². The van der Waals surface area contributed by atoms with E-state index in [-0.39, 0.29) is 28.6 Å². The summed E-state index contributed by atoms with van der Waals surface area (Å²) in [6, 6.07) is 8.98. The van der Waals surface area contributed by atoms with Crippen LogP contribution in [0, 0.1) is 17.5 Å². The minimum Gasteiger partial charge on any atom is -0.487 e. The van der Waals surface area contributed by atoms with Gasteiger partial charge >= 0.3 is 0 Å². The smallest absolute Gasteiger partial charge is 0.243 e. The standard InChI is InChI=1S/C22H25F3N2O3S/c23-16-13-17(24)15-20(14-16)31(28,29)27-11-5-18(6-12-27)26-9-7-19(8-10-26)30-22-4-2-1-3-21(22)25/h1-4,13-15,18-19H,5-12H2. The van der Waals surface area contributed by atoms with Crippen LogP contribution < -0.4 is 4.74 Å². The number of hydrogen-bond acceptors (Lipinski definition) is 4. The van der Waals surface area contributed by atoms with Crippen LogP contribution in [0.4, 0.5) is 13.2 Å². The van der Waals surface area contributed by atoms with Crippen LogP contribution >= 0.6 is 0 Å². The summed E-state index contributed by atoms with van der Waals surface area (Å²) in [5.74, 6) is -1.91. The molecule has 5 nitrogen and oxygen atoms in total. The molecular weight excluding hydrogens is 429 g/mol. The molecule has 31 heavy (non-hydrogen) atoms. The Morgan fingerprint density at radius 2 is 1.45 bits per heavy atom. The molecule has 0 spiro atoms. The summed E-state index contributed by atoms with van der Waals surface area (Å²) in [6.45, 7) is 2.20. The quantitative estimate of drug-likeness (QED) is 0.690. The summed E-state index contributed by atoms with van der Waals surface area (Å²) >= 11 is 0. The van der Waals surface area contributed by atoms with Crippen LogP contribution in [0.25, 0.3) is 0 Å². The molecule has 0 N–H and O–H groups in total. The van der Waals surface area contributed by atoms with Crippen LogP contribution in [0.2, 0.25) is 0 Å². The number of piperidine rings is 2. The molecule has 0 saturated carbocycles. The summed E-state index contributed by atoms with van der Waals surface area (Å²) in [4.78, 5) is 1.97. The van der Waals surface area contributed by atoms with Gasteiger partial charge in [0.15, 0.2) is 11.6 Å². The molecule has 0 aromatic heterocycles. The number of halogens is 3. The fraction of sp³-hybridized carbons (Fsp3) is 0.455. The van der Waals surface area contributed by atoms with Crippen molar-refractivity contribution in [3.05, 3.63) is 59.9 Å². The van der Waals surface area contributed by atoms with Gasteiger partial charge in [-0.25, -0.2) is 21.6 Å². The molecule has 0 bridgehead atoms. The van der Waals surface area contributed by atoms with Gasteiger partial charge in [0.25, 0.3) is 0 Å². The van der Waals surface area contributed by atoms with Gasteiger partial charge in [-0.15, -0.1) is 0 Å². The lowest BCUT2D eigenvalue weighted by Crippen LogP contribution is -2.50. The predicted molar refractivity (Wildman–Crippen MR) is 110 cm³/mol. The topological polar surface area (TPSA) is 49.9 Å². The zero-order chi connectivity index (χ0) is 22.0. The number of hydrogen-bond donors (Lipinski definition) is 0. The summed E-state index contributed by atoms with van der Waals surface area (Å²) < 4.78 is 73.3. The highest BCUT2D eigenvalue weighted by Crippen LogP contribution is 2.27. The molecule has 0 amide bonds. The molecule has 0 unspecified atom stereocenters. The highest BCUT2D eigenvalue weighted by molar-refractivity contribution is 7.89. The molecule has 0 radical (unpaired) electrons. The van der Waals surface area contributed by atoms with E-state index in [0.717, 1.165) is 38.1 Å². The lowest BCUT2D eigenvalue weighted by atomic mass is 10.00. The zero-order valence-corrected chi connectivity index (χ0v) is 17.8. The number of benzene rings is 2. The van der Waals surface area contributed by atoms with Gasteiger partial charge in [-0.1, -0.05) is 12.1 Å². The summed E-state index contributed by atoms with van der Waals surface area (Å²) in [6.07, 6.45) is 2.80. The fourth-order valence-corrected chi connectivity index (χ4v) is 5.87. The van der Waals surface area contributed by atoms with E-state index >= 15 is 0 Å². The maximum atomic E-state index is 13.8. The Hall–Kier alpha value is -2.10. The van der Waals surface area contributed by atoms with E-state index in [2.05, 4.69) is 4.90 Å². The molecule has 2 saturated heterocycles. The zero-order valence-electron chi connectivity index (χ0n) is 17.0. The maximum absolute atomic E-state index is 13.8. The molecule has 2 heterocycles. The monoisotopic (exact) mass is 454 g/mol. The lowest BCUT2D eigenvalue weighted by Gasteiger charge is -2.41. The lowest BCUT2D eigenvalue weighted by molar-refractivity contribution is 0.0568. The molecular formula is C22H25F3N2O3S. The molecule has 0 atom stereocenters. The van der Waals surface area contributed by atoms with Crippen molar-refractivity contribution in [2.24, 2.45) is 0 Å². The fourth-order valence-electron chi connectivity index (χ4n) is 4.35. The highest BCUT2D eigenvalue weighted by atomic mass is 32.2. The number of rotatable bonds is 5. The third-order valence-electron chi connectivity index (χ3n) is 6.02. The Morgan fingerprint density at radius 1 is 0.839 bits per heavy atom. The van der Waals surface area contributed by atoms with Crippen molar-refractivity contribution in [3.8, 4) is 5.75 Å². The summed E-state index contributed by atoms with van der Waals surface area (Å²) in [7, 11) is -3.93. The second kappa shape index (κ2) is 9.18. The minimum absolute atomic E-state index is 0.0449. The first kappa shape index (κ1) is 22.1. The Bertz CT molecular complexity index is 998. The first-order valence-corrected chi connectivity index (χ1v) is 11.9. The van der Waals surface area contributed by atoms with Crippen molar-refractivity contribution in [2.45, 2.75) is 42.7 Å². The molecule has 2 aromatic carbocycles. The number of likely N-dealkylation sites (tertiary alicyclic amines) is 1. The number of ether oxygens (including phenoxy) is 1. The van der Waals surface area contributed by atoms with Crippen LogP contribution in [0.1, 0.15) is 25.7 Å². The van der Waals surface area contributed by atoms with E-state index in [1.54, 1.807) is 18.2 Å². The van der Waals surface area contributed by atoms with E-state index in [1.807, 2.05) is 0 Å². The van der Waals surface area contributed by atoms with Gasteiger partial charge in [-0.2, -0.15) is 4.31 Å². The average Bonchev–Trinajstić information content (AvgIpc) is 2.75. The van der Waals surface area contributed by atoms with Gasteiger partial charge in [0, 0.05) is 38.3 Å². The Morgan fingerprint density at radius 3 is 2.06 bits per heavy atom. The second-order valence-electron chi connectivity index (χ2n) is 8.02. The van der Waals surface area contributed by atoms with Crippen molar-refractivity contribution in [2.75, 3.05) is 26.2 Å². The van der Waals surface area contributed by atoms with E-state index in [9.17, 15) is 21.6 Å².